The third-order valence-corrected chi connectivity index (χ3v) is 6.17. The minimum Gasteiger partial charge on any atom is -0.348 e. The van der Waals surface area contributed by atoms with Gasteiger partial charge in [-0.05, 0) is 49.9 Å². The number of anilines is 3. The zero-order chi connectivity index (χ0) is 22.8. The van der Waals surface area contributed by atoms with E-state index in [1.54, 1.807) is 4.90 Å². The van der Waals surface area contributed by atoms with Crippen LogP contribution < -0.4 is 20.0 Å². The Balaban J connectivity index is 1.42. The second-order valence-corrected chi connectivity index (χ2v) is 8.83. The van der Waals surface area contributed by atoms with Gasteiger partial charge in [-0.3, -0.25) is 9.59 Å². The van der Waals surface area contributed by atoms with Crippen molar-refractivity contribution in [1.29, 1.82) is 0 Å². The number of nitrogens with one attached hydrogen (secondary N) is 1. The van der Waals surface area contributed by atoms with Crippen LogP contribution in [0.3, 0.4) is 0 Å². The Morgan fingerprint density at radius 3 is 2.56 bits per heavy atom. The minimum absolute atomic E-state index is 0.0280. The van der Waals surface area contributed by atoms with Gasteiger partial charge in [0.1, 0.15) is 0 Å². The van der Waals surface area contributed by atoms with E-state index in [9.17, 15) is 9.59 Å². The fourth-order valence-corrected chi connectivity index (χ4v) is 4.07. The summed E-state index contributed by atoms with van der Waals surface area (Å²) in [6.45, 7) is 6.52. The molecule has 0 bridgehead atoms. The number of carbonyl (C=O) groups is 2. The maximum Gasteiger partial charge on any atom is 0.230 e. The van der Waals surface area contributed by atoms with Crippen LogP contribution in [-0.4, -0.2) is 60.5 Å². The number of hydrogen-bond acceptors (Lipinski definition) is 7. The molecule has 2 aromatic rings. The Bertz CT molecular complexity index is 1020. The van der Waals surface area contributed by atoms with Crippen molar-refractivity contribution in [2.75, 3.05) is 48.4 Å². The Labute approximate surface area is 188 Å². The van der Waals surface area contributed by atoms with Crippen LogP contribution in [-0.2, 0) is 16.1 Å². The molecule has 1 atom stereocenters. The van der Waals surface area contributed by atoms with E-state index < -0.39 is 5.92 Å². The van der Waals surface area contributed by atoms with Crippen LogP contribution in [0.2, 0.25) is 0 Å². The fraction of sp³-hybridized carbons (Fsp3) is 0.522. The van der Waals surface area contributed by atoms with Crippen LogP contribution in [0, 0.1) is 19.8 Å². The molecule has 170 valence electrons. The van der Waals surface area contributed by atoms with E-state index in [0.29, 0.717) is 24.3 Å². The summed E-state index contributed by atoms with van der Waals surface area (Å²) < 4.78 is 0. The molecule has 0 saturated carbocycles. The lowest BCUT2D eigenvalue weighted by molar-refractivity contribution is -0.126. The quantitative estimate of drug-likeness (QED) is 0.737. The van der Waals surface area contributed by atoms with Crippen LogP contribution in [0.5, 0.6) is 0 Å². The second kappa shape index (κ2) is 9.10. The molecule has 2 saturated heterocycles. The first-order valence-corrected chi connectivity index (χ1v) is 11.1. The maximum absolute atomic E-state index is 12.8. The van der Waals surface area contributed by atoms with Crippen molar-refractivity contribution in [1.82, 2.24) is 20.3 Å². The third kappa shape index (κ3) is 4.66. The molecule has 4 rings (SSSR count). The molecular formula is C23H31N7O2. The molecule has 1 aromatic heterocycles. The van der Waals surface area contributed by atoms with E-state index in [2.05, 4.69) is 25.2 Å². The van der Waals surface area contributed by atoms with Crippen molar-refractivity contribution < 1.29 is 9.59 Å². The van der Waals surface area contributed by atoms with Gasteiger partial charge in [0, 0.05) is 45.8 Å². The van der Waals surface area contributed by atoms with Crippen molar-refractivity contribution in [3.63, 3.8) is 0 Å². The highest BCUT2D eigenvalue weighted by molar-refractivity contribution is 6.00. The molecule has 0 radical (unpaired) electrons. The molecule has 0 unspecified atom stereocenters. The second-order valence-electron chi connectivity index (χ2n) is 8.83. The average Bonchev–Trinajstić information content (AvgIpc) is 3.44. The lowest BCUT2D eigenvalue weighted by Gasteiger charge is -2.19. The van der Waals surface area contributed by atoms with Gasteiger partial charge in [-0.15, -0.1) is 0 Å². The van der Waals surface area contributed by atoms with Gasteiger partial charge in [0.05, 0.1) is 12.5 Å². The zero-order valence-corrected chi connectivity index (χ0v) is 19.3. The van der Waals surface area contributed by atoms with E-state index in [0.717, 1.165) is 37.2 Å². The highest BCUT2D eigenvalue weighted by atomic mass is 16.2. The predicted molar refractivity (Wildman–Crippen MR) is 124 cm³/mol. The van der Waals surface area contributed by atoms with Gasteiger partial charge < -0.3 is 20.0 Å². The Kier molecular flexibility index (Phi) is 6.25. The summed E-state index contributed by atoms with van der Waals surface area (Å²) in [5, 5.41) is 2.93. The molecule has 32 heavy (non-hydrogen) atoms. The first-order chi connectivity index (χ1) is 15.3. The number of hydrogen-bond donors (Lipinski definition) is 1. The number of rotatable bonds is 6. The van der Waals surface area contributed by atoms with Crippen LogP contribution in [0.4, 0.5) is 17.6 Å². The standard InChI is InChI=1S/C23H31N7O2/c1-15-7-8-18(11-16(15)2)30-14-17(12-20(30)31)21(32)24-13-19-25-22(28(3)4)27-23(26-19)29-9-5-6-10-29/h7-8,11,17H,5-6,9-10,12-14H2,1-4H3,(H,24,32)/t17-/m1/s1. The van der Waals surface area contributed by atoms with Crippen molar-refractivity contribution >= 4 is 29.4 Å². The van der Waals surface area contributed by atoms with Gasteiger partial charge in [-0.25, -0.2) is 0 Å². The van der Waals surface area contributed by atoms with Gasteiger partial charge in [0.2, 0.25) is 23.7 Å². The van der Waals surface area contributed by atoms with Crippen molar-refractivity contribution in [3.05, 3.63) is 35.2 Å². The normalized spacial score (nSPS) is 18.4. The molecule has 1 N–H and O–H groups in total. The molecular weight excluding hydrogens is 406 g/mol. The summed E-state index contributed by atoms with van der Waals surface area (Å²) in [5.74, 6) is 1.18. The van der Waals surface area contributed by atoms with E-state index in [-0.39, 0.29) is 24.8 Å². The predicted octanol–water partition coefficient (Wildman–Crippen LogP) is 1.82. The van der Waals surface area contributed by atoms with Crippen molar-refractivity contribution in [3.8, 4) is 0 Å². The third-order valence-electron chi connectivity index (χ3n) is 6.17. The Morgan fingerprint density at radius 2 is 1.88 bits per heavy atom. The SMILES string of the molecule is Cc1ccc(N2C[C@H](C(=O)NCc3nc(N(C)C)nc(N4CCCC4)n3)CC2=O)cc1C. The summed E-state index contributed by atoms with van der Waals surface area (Å²) in [6, 6.07) is 5.95. The molecule has 0 aliphatic carbocycles. The Morgan fingerprint density at radius 1 is 1.12 bits per heavy atom. The molecule has 2 aliphatic rings. The summed E-state index contributed by atoms with van der Waals surface area (Å²) >= 11 is 0. The molecule has 2 amide bonds. The summed E-state index contributed by atoms with van der Waals surface area (Å²) in [4.78, 5) is 44.7. The van der Waals surface area contributed by atoms with Gasteiger partial charge >= 0.3 is 0 Å². The molecule has 2 aliphatic heterocycles. The molecule has 0 spiro atoms. The number of aryl methyl sites for hydroxylation is 2. The van der Waals surface area contributed by atoms with Gasteiger partial charge in [-0.1, -0.05) is 6.07 Å². The first kappa shape index (κ1) is 22.0. The van der Waals surface area contributed by atoms with Crippen LogP contribution >= 0.6 is 0 Å². The molecule has 3 heterocycles. The van der Waals surface area contributed by atoms with Crippen molar-refractivity contribution in [2.45, 2.75) is 39.7 Å². The van der Waals surface area contributed by atoms with E-state index in [1.165, 1.54) is 5.56 Å². The van der Waals surface area contributed by atoms with Crippen LogP contribution in [0.1, 0.15) is 36.2 Å². The lowest BCUT2D eigenvalue weighted by Crippen LogP contribution is -2.33. The number of carbonyl (C=O) groups excluding carboxylic acids is 2. The number of benzene rings is 1. The first-order valence-electron chi connectivity index (χ1n) is 11.1. The highest BCUT2D eigenvalue weighted by Gasteiger charge is 2.35. The topological polar surface area (TPSA) is 94.6 Å². The minimum atomic E-state index is -0.391. The summed E-state index contributed by atoms with van der Waals surface area (Å²) in [5.41, 5.74) is 3.15. The molecule has 2 fully saturated rings. The highest BCUT2D eigenvalue weighted by Crippen LogP contribution is 2.27. The monoisotopic (exact) mass is 437 g/mol. The molecule has 9 nitrogen and oxygen atoms in total. The maximum atomic E-state index is 12.8. The Hall–Kier alpha value is -3.23. The van der Waals surface area contributed by atoms with Crippen LogP contribution in [0.25, 0.3) is 0 Å². The summed E-state index contributed by atoms with van der Waals surface area (Å²) in [7, 11) is 3.77. The van der Waals surface area contributed by atoms with E-state index >= 15 is 0 Å². The van der Waals surface area contributed by atoms with E-state index in [1.807, 2.05) is 51.0 Å². The average molecular weight is 438 g/mol. The van der Waals surface area contributed by atoms with Gasteiger partial charge in [0.25, 0.3) is 0 Å². The van der Waals surface area contributed by atoms with Crippen molar-refractivity contribution in [2.24, 2.45) is 5.92 Å². The van der Waals surface area contributed by atoms with Gasteiger partial charge in [0.15, 0.2) is 5.82 Å². The lowest BCUT2D eigenvalue weighted by atomic mass is 10.1. The number of nitrogens with zero attached hydrogens (tertiary/aromatic N) is 6. The molecule has 9 heteroatoms. The molecule has 1 aromatic carbocycles. The fourth-order valence-electron chi connectivity index (χ4n) is 4.07. The van der Waals surface area contributed by atoms with E-state index in [4.69, 9.17) is 0 Å². The zero-order valence-electron chi connectivity index (χ0n) is 19.3. The largest absolute Gasteiger partial charge is 0.348 e. The number of aromatic nitrogens is 3. The smallest absolute Gasteiger partial charge is 0.230 e. The van der Waals surface area contributed by atoms with Gasteiger partial charge in [-0.2, -0.15) is 15.0 Å². The summed E-state index contributed by atoms with van der Waals surface area (Å²) in [6.07, 6.45) is 2.46. The number of amides is 2. The van der Waals surface area contributed by atoms with Crippen LogP contribution in [0.15, 0.2) is 18.2 Å².